The number of aldehydes is 1. The maximum atomic E-state index is 12.9. The normalized spacial score (nSPS) is 16.0. The Morgan fingerprint density at radius 3 is 2.73 bits per heavy atom. The van der Waals surface area contributed by atoms with Gasteiger partial charge in [-0.25, -0.2) is 0 Å². The fraction of sp³-hybridized carbons (Fsp3) is 0.391. The molecule has 0 atom stereocenters. The standard InChI is InChI=1S/C23H25F3N2O5/c1-17(16-33-19(5-9-29)15-28-7-10-30-11-8-28)31-12-13-32-22-4-6-27-21-14-18(23(24,25)26)2-3-20(21)22/h2-6,9,14,16H,7-8,10-13,15H2,1H3/b17-16+,19-5-. The SMILES string of the molecule is C/C(=C\O/C(=C\C=O)CN1CCOCC1)OCCOc1ccnc2cc(C(F)(F)F)ccc12. The predicted molar refractivity (Wildman–Crippen MR) is 114 cm³/mol. The first-order valence-corrected chi connectivity index (χ1v) is 10.4. The quantitative estimate of drug-likeness (QED) is 0.227. The summed E-state index contributed by atoms with van der Waals surface area (Å²) >= 11 is 0. The smallest absolute Gasteiger partial charge is 0.416 e. The highest BCUT2D eigenvalue weighted by Gasteiger charge is 2.30. The summed E-state index contributed by atoms with van der Waals surface area (Å²) in [6, 6.07) is 4.92. The second-order valence-corrected chi connectivity index (χ2v) is 7.24. The van der Waals surface area contributed by atoms with Gasteiger partial charge in [0.25, 0.3) is 0 Å². The van der Waals surface area contributed by atoms with Crippen molar-refractivity contribution in [2.75, 3.05) is 46.1 Å². The van der Waals surface area contributed by atoms with E-state index in [0.29, 0.717) is 48.7 Å². The lowest BCUT2D eigenvalue weighted by Crippen LogP contribution is -2.37. The first-order valence-electron chi connectivity index (χ1n) is 10.4. The van der Waals surface area contributed by atoms with Gasteiger partial charge < -0.3 is 18.9 Å². The number of morpholine rings is 1. The Bertz CT molecular complexity index is 1000. The summed E-state index contributed by atoms with van der Waals surface area (Å²) in [5.41, 5.74) is -0.567. The molecule has 1 aliphatic rings. The summed E-state index contributed by atoms with van der Waals surface area (Å²) in [5.74, 6) is 1.39. The van der Waals surface area contributed by atoms with Crippen LogP contribution in [0, 0.1) is 0 Å². The average Bonchev–Trinajstić information content (AvgIpc) is 2.80. The van der Waals surface area contributed by atoms with Crippen molar-refractivity contribution in [1.29, 1.82) is 0 Å². The van der Waals surface area contributed by atoms with Crippen molar-refractivity contribution < 1.29 is 36.9 Å². The van der Waals surface area contributed by atoms with Gasteiger partial charge in [-0.15, -0.1) is 0 Å². The Hall–Kier alpha value is -3.11. The molecule has 33 heavy (non-hydrogen) atoms. The molecule has 3 rings (SSSR count). The molecule has 0 amide bonds. The Morgan fingerprint density at radius 1 is 1.21 bits per heavy atom. The Morgan fingerprint density at radius 2 is 2.00 bits per heavy atom. The van der Waals surface area contributed by atoms with Crippen molar-refractivity contribution in [1.82, 2.24) is 9.88 Å². The van der Waals surface area contributed by atoms with Crippen LogP contribution in [0.1, 0.15) is 12.5 Å². The number of aromatic nitrogens is 1. The molecule has 1 aliphatic heterocycles. The lowest BCUT2D eigenvalue weighted by atomic mass is 10.1. The minimum atomic E-state index is -4.44. The van der Waals surface area contributed by atoms with E-state index in [4.69, 9.17) is 18.9 Å². The zero-order valence-electron chi connectivity index (χ0n) is 18.1. The van der Waals surface area contributed by atoms with E-state index in [2.05, 4.69) is 9.88 Å². The van der Waals surface area contributed by atoms with Gasteiger partial charge in [0.15, 0.2) is 0 Å². The lowest BCUT2D eigenvalue weighted by molar-refractivity contribution is -0.137. The van der Waals surface area contributed by atoms with Crippen molar-refractivity contribution in [2.24, 2.45) is 0 Å². The van der Waals surface area contributed by atoms with Gasteiger partial charge in [0.05, 0.1) is 30.8 Å². The highest BCUT2D eigenvalue weighted by Crippen LogP contribution is 2.33. The zero-order valence-corrected chi connectivity index (χ0v) is 18.1. The third-order valence-electron chi connectivity index (χ3n) is 4.81. The number of carbonyl (C=O) groups is 1. The van der Waals surface area contributed by atoms with Crippen molar-refractivity contribution >= 4 is 17.2 Å². The molecular formula is C23H25F3N2O5. The minimum absolute atomic E-state index is 0.163. The van der Waals surface area contributed by atoms with Gasteiger partial charge in [-0.05, 0) is 31.2 Å². The second-order valence-electron chi connectivity index (χ2n) is 7.24. The number of allylic oxidation sites excluding steroid dienone is 2. The fourth-order valence-electron chi connectivity index (χ4n) is 3.16. The van der Waals surface area contributed by atoms with Crippen molar-refractivity contribution in [3.63, 3.8) is 0 Å². The number of hydrogen-bond donors (Lipinski definition) is 0. The van der Waals surface area contributed by atoms with Crippen LogP contribution in [0.5, 0.6) is 5.75 Å². The number of halogens is 3. The molecule has 2 heterocycles. The van der Waals surface area contributed by atoms with Crippen molar-refractivity contribution in [3.05, 3.63) is 59.9 Å². The van der Waals surface area contributed by atoms with Gasteiger partial charge in [-0.2, -0.15) is 13.2 Å². The van der Waals surface area contributed by atoms with Crippen LogP contribution in [-0.4, -0.2) is 62.2 Å². The van der Waals surface area contributed by atoms with Crippen LogP contribution in [0.25, 0.3) is 10.9 Å². The number of ether oxygens (including phenoxy) is 4. The first-order chi connectivity index (χ1) is 15.9. The molecule has 0 unspecified atom stereocenters. The average molecular weight is 466 g/mol. The molecule has 0 N–H and O–H groups in total. The van der Waals surface area contributed by atoms with Crippen LogP contribution in [0.2, 0.25) is 0 Å². The highest BCUT2D eigenvalue weighted by molar-refractivity contribution is 5.85. The molecule has 0 spiro atoms. The molecule has 2 aromatic rings. The summed E-state index contributed by atoms with van der Waals surface area (Å²) in [4.78, 5) is 17.0. The summed E-state index contributed by atoms with van der Waals surface area (Å²) in [7, 11) is 0. The molecule has 0 saturated carbocycles. The Balaban J connectivity index is 1.49. The molecule has 0 aliphatic carbocycles. The molecule has 1 aromatic heterocycles. The number of carbonyl (C=O) groups excluding carboxylic acids is 1. The summed E-state index contributed by atoms with van der Waals surface area (Å²) in [6.45, 7) is 5.34. The number of benzene rings is 1. The van der Waals surface area contributed by atoms with Crippen LogP contribution < -0.4 is 4.74 Å². The predicted octanol–water partition coefficient (Wildman–Crippen LogP) is 3.94. The van der Waals surface area contributed by atoms with E-state index in [1.165, 1.54) is 24.6 Å². The molecule has 10 heteroatoms. The zero-order chi connectivity index (χ0) is 23.7. The monoisotopic (exact) mass is 466 g/mol. The second kappa shape index (κ2) is 11.7. The maximum Gasteiger partial charge on any atom is 0.416 e. The summed E-state index contributed by atoms with van der Waals surface area (Å²) in [5, 5.41) is 0.479. The lowest BCUT2D eigenvalue weighted by Gasteiger charge is -2.26. The third-order valence-corrected chi connectivity index (χ3v) is 4.81. The number of nitrogens with zero attached hydrogens (tertiary/aromatic N) is 2. The molecule has 0 radical (unpaired) electrons. The van der Waals surface area contributed by atoms with E-state index in [9.17, 15) is 18.0 Å². The number of hydrogen-bond acceptors (Lipinski definition) is 7. The largest absolute Gasteiger partial charge is 0.491 e. The van der Waals surface area contributed by atoms with Crippen LogP contribution in [-0.2, 0) is 25.2 Å². The highest BCUT2D eigenvalue weighted by atomic mass is 19.4. The van der Waals surface area contributed by atoms with E-state index in [0.717, 1.165) is 25.2 Å². The van der Waals surface area contributed by atoms with Gasteiger partial charge >= 0.3 is 6.18 Å². The van der Waals surface area contributed by atoms with E-state index in [1.807, 2.05) is 0 Å². The number of alkyl halides is 3. The summed E-state index contributed by atoms with van der Waals surface area (Å²) in [6.07, 6.45) is 0.407. The molecule has 1 fully saturated rings. The Kier molecular flexibility index (Phi) is 8.67. The maximum absolute atomic E-state index is 12.9. The molecule has 1 saturated heterocycles. The molecule has 0 bridgehead atoms. The fourth-order valence-corrected chi connectivity index (χ4v) is 3.16. The van der Waals surface area contributed by atoms with Crippen molar-refractivity contribution in [2.45, 2.75) is 13.1 Å². The van der Waals surface area contributed by atoms with Crippen LogP contribution >= 0.6 is 0 Å². The number of pyridine rings is 1. The topological polar surface area (TPSA) is 70.1 Å². The van der Waals surface area contributed by atoms with E-state index >= 15 is 0 Å². The van der Waals surface area contributed by atoms with Gasteiger partial charge in [0.1, 0.15) is 43.0 Å². The van der Waals surface area contributed by atoms with Gasteiger partial charge in [-0.1, -0.05) is 0 Å². The van der Waals surface area contributed by atoms with Crippen LogP contribution in [0.4, 0.5) is 13.2 Å². The minimum Gasteiger partial charge on any atom is -0.491 e. The number of rotatable bonds is 10. The van der Waals surface area contributed by atoms with Crippen LogP contribution in [0.15, 0.2) is 54.3 Å². The first kappa shape index (κ1) is 24.5. The molecular weight excluding hydrogens is 441 g/mol. The van der Waals surface area contributed by atoms with Crippen LogP contribution in [0.3, 0.4) is 0 Å². The van der Waals surface area contributed by atoms with Crippen molar-refractivity contribution in [3.8, 4) is 5.75 Å². The van der Waals surface area contributed by atoms with Gasteiger partial charge in [-0.3, -0.25) is 14.7 Å². The van der Waals surface area contributed by atoms with E-state index in [1.54, 1.807) is 13.0 Å². The van der Waals surface area contributed by atoms with Gasteiger partial charge in [0.2, 0.25) is 0 Å². The van der Waals surface area contributed by atoms with Gasteiger partial charge in [0, 0.05) is 30.7 Å². The third kappa shape index (κ3) is 7.47. The summed E-state index contributed by atoms with van der Waals surface area (Å²) < 4.78 is 60.8. The van der Waals surface area contributed by atoms with E-state index in [-0.39, 0.29) is 18.7 Å². The molecule has 1 aromatic carbocycles. The molecule has 178 valence electrons. The number of fused-ring (bicyclic) bond motifs is 1. The molecule has 7 nitrogen and oxygen atoms in total. The Labute approximate surface area is 189 Å². The van der Waals surface area contributed by atoms with E-state index < -0.39 is 11.7 Å².